The van der Waals surface area contributed by atoms with Crippen molar-refractivity contribution in [1.29, 1.82) is 0 Å². The van der Waals surface area contributed by atoms with E-state index < -0.39 is 12.0 Å². The lowest BCUT2D eigenvalue weighted by Gasteiger charge is -2.35. The molecule has 0 radical (unpaired) electrons. The fraction of sp³-hybridized carbons (Fsp3) is 0.545. The highest BCUT2D eigenvalue weighted by Gasteiger charge is 2.48. The van der Waals surface area contributed by atoms with Crippen LogP contribution in [0.25, 0.3) is 5.57 Å². The first-order valence-electron chi connectivity index (χ1n) is 9.92. The molecule has 0 spiro atoms. The molecule has 2 aliphatic rings. The Bertz CT molecular complexity index is 694. The van der Waals surface area contributed by atoms with Crippen molar-refractivity contribution in [3.63, 3.8) is 0 Å². The maximum Gasteiger partial charge on any atom is 0.228 e. The molecule has 0 amide bonds. The summed E-state index contributed by atoms with van der Waals surface area (Å²) in [5.41, 5.74) is 3.60. The molecular weight excluding hydrogens is 326 g/mol. The van der Waals surface area contributed by atoms with Gasteiger partial charge in [-0.3, -0.25) is 9.59 Å². The molecule has 140 valence electrons. The predicted molar refractivity (Wildman–Crippen MR) is 104 cm³/mol. The van der Waals surface area contributed by atoms with Gasteiger partial charge in [0.15, 0.2) is 0 Å². The number of hydrogen-bond acceptors (Lipinski definition) is 4. The molecule has 1 aromatic rings. The van der Waals surface area contributed by atoms with Gasteiger partial charge in [0.1, 0.15) is 6.10 Å². The van der Waals surface area contributed by atoms with Crippen molar-refractivity contribution in [1.82, 2.24) is 0 Å². The Kier molecular flexibility index (Phi) is 6.25. The monoisotopic (exact) mass is 355 g/mol. The zero-order valence-electron chi connectivity index (χ0n) is 15.9. The van der Waals surface area contributed by atoms with Crippen molar-refractivity contribution in [2.24, 2.45) is 5.92 Å². The van der Waals surface area contributed by atoms with Crippen molar-refractivity contribution in [3.8, 4) is 0 Å². The molecule has 4 nitrogen and oxygen atoms in total. The number of carbonyl (C=O) groups excluding carboxylic acids is 2. The zero-order chi connectivity index (χ0) is 18.5. The smallest absolute Gasteiger partial charge is 0.228 e. The van der Waals surface area contributed by atoms with E-state index in [0.29, 0.717) is 6.61 Å². The van der Waals surface area contributed by atoms with Crippen molar-refractivity contribution >= 4 is 22.8 Å². The quantitative estimate of drug-likeness (QED) is 0.522. The average molecular weight is 355 g/mol. The second kappa shape index (κ2) is 8.63. The Morgan fingerprint density at radius 3 is 2.69 bits per heavy atom. The van der Waals surface area contributed by atoms with Crippen LogP contribution in [0.3, 0.4) is 0 Å². The van der Waals surface area contributed by atoms with Crippen LogP contribution in [0.15, 0.2) is 30.3 Å². The van der Waals surface area contributed by atoms with Crippen LogP contribution in [0.5, 0.6) is 0 Å². The van der Waals surface area contributed by atoms with Crippen LogP contribution >= 0.6 is 0 Å². The Morgan fingerprint density at radius 2 is 1.92 bits per heavy atom. The minimum absolute atomic E-state index is 0.310. The summed E-state index contributed by atoms with van der Waals surface area (Å²) in [4.78, 5) is 26.2. The molecule has 0 bridgehead atoms. The van der Waals surface area contributed by atoms with Gasteiger partial charge in [0, 0.05) is 30.9 Å². The van der Waals surface area contributed by atoms with Crippen molar-refractivity contribution in [3.05, 3.63) is 35.9 Å². The maximum atomic E-state index is 12.0. The van der Waals surface area contributed by atoms with Gasteiger partial charge in [-0.15, -0.1) is 0 Å². The minimum Gasteiger partial charge on any atom is -0.371 e. The third-order valence-electron chi connectivity index (χ3n) is 5.38. The number of nitrogens with zero attached hydrogens (tertiary/aromatic N) is 1. The van der Waals surface area contributed by atoms with Gasteiger partial charge >= 0.3 is 0 Å². The Balaban J connectivity index is 1.77. The SMILES string of the molecule is CCCCCCN1CC/C(=C\C2C(=O)C(=O)C2OCC)c2ccccc21. The molecule has 3 rings (SSSR count). The first kappa shape index (κ1) is 18.8. The Labute approximate surface area is 156 Å². The summed E-state index contributed by atoms with van der Waals surface area (Å²) >= 11 is 0. The van der Waals surface area contributed by atoms with Gasteiger partial charge in [-0.1, -0.05) is 50.5 Å². The highest BCUT2D eigenvalue weighted by atomic mass is 16.5. The number of rotatable bonds is 8. The number of fused-ring (bicyclic) bond motifs is 1. The Morgan fingerprint density at radius 1 is 1.12 bits per heavy atom. The summed E-state index contributed by atoms with van der Waals surface area (Å²) in [5, 5.41) is 0. The molecule has 1 aromatic carbocycles. The number of benzene rings is 1. The van der Waals surface area contributed by atoms with E-state index in [1.54, 1.807) is 0 Å². The van der Waals surface area contributed by atoms with E-state index in [-0.39, 0.29) is 11.6 Å². The summed E-state index contributed by atoms with van der Waals surface area (Å²) in [5.74, 6) is -1.10. The molecule has 1 fully saturated rings. The lowest BCUT2D eigenvalue weighted by atomic mass is 9.76. The molecule has 1 aliphatic heterocycles. The maximum absolute atomic E-state index is 12.0. The summed E-state index contributed by atoms with van der Waals surface area (Å²) in [6, 6.07) is 8.40. The molecule has 0 N–H and O–H groups in total. The molecule has 2 unspecified atom stereocenters. The predicted octanol–water partition coefficient (Wildman–Crippen LogP) is 4.03. The van der Waals surface area contributed by atoms with Crippen molar-refractivity contribution in [2.45, 2.75) is 52.1 Å². The summed E-state index contributed by atoms with van der Waals surface area (Å²) < 4.78 is 5.47. The van der Waals surface area contributed by atoms with Crippen LogP contribution in [0.2, 0.25) is 0 Å². The van der Waals surface area contributed by atoms with E-state index in [4.69, 9.17) is 4.74 Å². The summed E-state index contributed by atoms with van der Waals surface area (Å²) in [7, 11) is 0. The topological polar surface area (TPSA) is 46.6 Å². The lowest BCUT2D eigenvalue weighted by Crippen LogP contribution is -2.53. The number of Topliss-reactive ketones (excluding diaryl/α,β-unsaturated/α-hetero) is 2. The minimum atomic E-state index is -0.584. The van der Waals surface area contributed by atoms with Crippen molar-refractivity contribution in [2.75, 3.05) is 24.6 Å². The first-order valence-corrected chi connectivity index (χ1v) is 9.92. The zero-order valence-corrected chi connectivity index (χ0v) is 15.9. The molecule has 2 atom stereocenters. The summed E-state index contributed by atoms with van der Waals surface area (Å²) in [6.45, 7) is 6.57. The second-order valence-electron chi connectivity index (χ2n) is 7.14. The summed E-state index contributed by atoms with van der Waals surface area (Å²) in [6.07, 6.45) is 7.32. The van der Waals surface area contributed by atoms with Crippen LogP contribution in [-0.4, -0.2) is 37.4 Å². The van der Waals surface area contributed by atoms with E-state index in [2.05, 4.69) is 30.0 Å². The normalized spacial score (nSPS) is 23.9. The molecule has 0 saturated heterocycles. The van der Waals surface area contributed by atoms with Gasteiger partial charge in [0.25, 0.3) is 0 Å². The van der Waals surface area contributed by atoms with E-state index >= 15 is 0 Å². The van der Waals surface area contributed by atoms with Crippen molar-refractivity contribution < 1.29 is 14.3 Å². The number of carbonyl (C=O) groups is 2. The highest BCUT2D eigenvalue weighted by molar-refractivity contribution is 6.47. The number of unbranched alkanes of at least 4 members (excludes halogenated alkanes) is 3. The molecule has 4 heteroatoms. The fourth-order valence-electron chi connectivity index (χ4n) is 3.91. The van der Waals surface area contributed by atoms with Gasteiger partial charge in [-0.25, -0.2) is 0 Å². The van der Waals surface area contributed by atoms with Crippen LogP contribution < -0.4 is 4.90 Å². The average Bonchev–Trinajstić information content (AvgIpc) is 2.68. The molecule has 1 saturated carbocycles. The van der Waals surface area contributed by atoms with Gasteiger partial charge in [0.05, 0.1) is 5.92 Å². The van der Waals surface area contributed by atoms with Gasteiger partial charge < -0.3 is 9.64 Å². The third kappa shape index (κ3) is 3.75. The van der Waals surface area contributed by atoms with E-state index in [0.717, 1.165) is 19.5 Å². The molecule has 26 heavy (non-hydrogen) atoms. The van der Waals surface area contributed by atoms with Crippen LogP contribution in [-0.2, 0) is 14.3 Å². The van der Waals surface area contributed by atoms with E-state index in [9.17, 15) is 9.59 Å². The van der Waals surface area contributed by atoms with Gasteiger partial charge in [-0.05, 0) is 31.4 Å². The van der Waals surface area contributed by atoms with Crippen LogP contribution in [0.1, 0.15) is 51.5 Å². The molecule has 1 heterocycles. The van der Waals surface area contributed by atoms with Gasteiger partial charge in [0.2, 0.25) is 11.6 Å². The van der Waals surface area contributed by atoms with E-state index in [1.165, 1.54) is 42.5 Å². The van der Waals surface area contributed by atoms with Gasteiger partial charge in [-0.2, -0.15) is 0 Å². The largest absolute Gasteiger partial charge is 0.371 e. The standard InChI is InChI=1S/C22H29NO3/c1-3-5-6-9-13-23-14-12-16(17-10-7-8-11-19(17)23)15-18-20(24)21(25)22(18)26-4-2/h7-8,10-11,15,18,22H,3-6,9,12-14H2,1-2H3/b16-15+. The second-order valence-corrected chi connectivity index (χ2v) is 7.14. The highest BCUT2D eigenvalue weighted by Crippen LogP contribution is 2.37. The number of ketones is 2. The van der Waals surface area contributed by atoms with Crippen LogP contribution in [0.4, 0.5) is 5.69 Å². The van der Waals surface area contributed by atoms with Crippen LogP contribution in [0, 0.1) is 5.92 Å². The first-order chi connectivity index (χ1) is 12.7. The molecule has 1 aliphatic carbocycles. The number of ether oxygens (including phenoxy) is 1. The number of hydrogen-bond donors (Lipinski definition) is 0. The lowest BCUT2D eigenvalue weighted by molar-refractivity contribution is -0.159. The Hall–Kier alpha value is -1.94. The number of para-hydroxylation sites is 1. The molecule has 0 aromatic heterocycles. The van der Waals surface area contributed by atoms with E-state index in [1.807, 2.05) is 19.1 Å². The third-order valence-corrected chi connectivity index (χ3v) is 5.38. The number of anilines is 1. The fourth-order valence-corrected chi connectivity index (χ4v) is 3.91. The molecular formula is C22H29NO3.